The minimum atomic E-state index is -4.36. The summed E-state index contributed by atoms with van der Waals surface area (Å²) in [4.78, 5) is 11.5. The van der Waals surface area contributed by atoms with Crippen LogP contribution in [0.4, 0.5) is 19.0 Å². The highest BCUT2D eigenvalue weighted by atomic mass is 19.4. The van der Waals surface area contributed by atoms with Gasteiger partial charge in [0.2, 0.25) is 0 Å². The Morgan fingerprint density at radius 2 is 2.00 bits per heavy atom. The molecule has 2 aromatic rings. The van der Waals surface area contributed by atoms with E-state index in [1.807, 2.05) is 0 Å². The highest BCUT2D eigenvalue weighted by Gasteiger charge is 2.38. The van der Waals surface area contributed by atoms with E-state index in [1.165, 1.54) is 17.2 Å². The molecule has 0 spiro atoms. The molecule has 0 amide bonds. The number of hydrogen-bond acceptors (Lipinski definition) is 5. The first-order valence-electron chi connectivity index (χ1n) is 5.11. The fourth-order valence-electron chi connectivity index (χ4n) is 1.58. The van der Waals surface area contributed by atoms with Crippen LogP contribution in [0.25, 0.3) is 11.2 Å². The number of hydrogen-bond donors (Lipinski definition) is 2. The number of halogens is 3. The molecule has 0 bridgehead atoms. The van der Waals surface area contributed by atoms with Crippen molar-refractivity contribution in [2.45, 2.75) is 12.7 Å². The lowest BCUT2D eigenvalue weighted by Gasteiger charge is -2.18. The Balaban J connectivity index is 2.35. The molecule has 0 fully saturated rings. The minimum absolute atomic E-state index is 0.134. The topological polar surface area (TPSA) is 95.6 Å². The van der Waals surface area contributed by atoms with E-state index >= 15 is 0 Å². The van der Waals surface area contributed by atoms with Gasteiger partial charge < -0.3 is 16.0 Å². The molecule has 9 heteroatoms. The summed E-state index contributed by atoms with van der Waals surface area (Å²) in [6, 6.07) is 0. The molecule has 0 saturated heterocycles. The number of rotatable bonds is 3. The third kappa shape index (κ3) is 2.21. The Bertz CT molecular complexity index is 549. The Hall–Kier alpha value is -1.90. The van der Waals surface area contributed by atoms with Gasteiger partial charge in [0.25, 0.3) is 0 Å². The predicted octanol–water partition coefficient (Wildman–Crippen LogP) is 0.546. The van der Waals surface area contributed by atoms with Crippen LogP contribution in [0.15, 0.2) is 12.7 Å². The Labute approximate surface area is 99.8 Å². The zero-order chi connectivity index (χ0) is 13.3. The van der Waals surface area contributed by atoms with Crippen LogP contribution < -0.4 is 11.5 Å². The Kier molecular flexibility index (Phi) is 3.07. The third-order valence-electron chi connectivity index (χ3n) is 2.59. The van der Waals surface area contributed by atoms with Gasteiger partial charge in [-0.15, -0.1) is 0 Å². The van der Waals surface area contributed by atoms with Crippen LogP contribution in [0.1, 0.15) is 0 Å². The molecule has 4 N–H and O–H groups in total. The van der Waals surface area contributed by atoms with Crippen molar-refractivity contribution in [1.29, 1.82) is 0 Å². The molecular weight excluding hydrogens is 249 g/mol. The van der Waals surface area contributed by atoms with Gasteiger partial charge in [0.15, 0.2) is 11.5 Å². The van der Waals surface area contributed by atoms with E-state index in [2.05, 4.69) is 15.0 Å². The number of anilines is 1. The van der Waals surface area contributed by atoms with Gasteiger partial charge in [-0.1, -0.05) is 0 Å². The van der Waals surface area contributed by atoms with Gasteiger partial charge in [-0.3, -0.25) is 0 Å². The molecule has 0 aliphatic carbocycles. The van der Waals surface area contributed by atoms with Gasteiger partial charge in [-0.25, -0.2) is 15.0 Å². The maximum Gasteiger partial charge on any atom is 0.394 e. The lowest BCUT2D eigenvalue weighted by atomic mass is 10.1. The molecule has 0 aliphatic heterocycles. The third-order valence-corrected chi connectivity index (χ3v) is 2.59. The number of alkyl halides is 3. The van der Waals surface area contributed by atoms with E-state index in [-0.39, 0.29) is 23.5 Å². The first-order chi connectivity index (χ1) is 8.43. The minimum Gasteiger partial charge on any atom is -0.382 e. The maximum absolute atomic E-state index is 12.6. The van der Waals surface area contributed by atoms with Crippen LogP contribution in [0.3, 0.4) is 0 Å². The van der Waals surface area contributed by atoms with Gasteiger partial charge in [0.05, 0.1) is 12.2 Å². The van der Waals surface area contributed by atoms with E-state index in [9.17, 15) is 13.2 Å². The number of nitrogens with zero attached hydrogens (tertiary/aromatic N) is 4. The number of nitrogens with two attached hydrogens (primary N) is 2. The molecule has 98 valence electrons. The van der Waals surface area contributed by atoms with Gasteiger partial charge in [-0.2, -0.15) is 13.2 Å². The second-order valence-corrected chi connectivity index (χ2v) is 3.80. The van der Waals surface area contributed by atoms with Crippen molar-refractivity contribution in [2.24, 2.45) is 11.7 Å². The van der Waals surface area contributed by atoms with Crippen molar-refractivity contribution >= 4 is 17.0 Å². The fraction of sp³-hybridized carbons (Fsp3) is 0.444. The summed E-state index contributed by atoms with van der Waals surface area (Å²) < 4.78 is 39.1. The van der Waals surface area contributed by atoms with Crippen molar-refractivity contribution in [3.63, 3.8) is 0 Å². The van der Waals surface area contributed by atoms with Crippen molar-refractivity contribution in [2.75, 3.05) is 12.3 Å². The van der Waals surface area contributed by atoms with Crippen molar-refractivity contribution < 1.29 is 13.2 Å². The Morgan fingerprint density at radius 3 is 2.61 bits per heavy atom. The average molecular weight is 260 g/mol. The highest BCUT2D eigenvalue weighted by molar-refractivity contribution is 5.81. The fourth-order valence-corrected chi connectivity index (χ4v) is 1.58. The monoisotopic (exact) mass is 260 g/mol. The van der Waals surface area contributed by atoms with Gasteiger partial charge in [0, 0.05) is 13.1 Å². The smallest absolute Gasteiger partial charge is 0.382 e. The summed E-state index contributed by atoms with van der Waals surface area (Å²) in [6.45, 7) is -0.837. The van der Waals surface area contributed by atoms with E-state index in [0.29, 0.717) is 0 Å². The predicted molar refractivity (Wildman–Crippen MR) is 58.3 cm³/mol. The van der Waals surface area contributed by atoms with Crippen LogP contribution in [0.2, 0.25) is 0 Å². The molecule has 0 radical (unpaired) electrons. The van der Waals surface area contributed by atoms with E-state index in [0.717, 1.165) is 0 Å². The first kappa shape index (κ1) is 12.6. The number of aromatic nitrogens is 4. The van der Waals surface area contributed by atoms with Gasteiger partial charge in [0.1, 0.15) is 11.8 Å². The van der Waals surface area contributed by atoms with E-state index in [1.54, 1.807) is 0 Å². The van der Waals surface area contributed by atoms with Crippen molar-refractivity contribution in [3.8, 4) is 0 Å². The zero-order valence-corrected chi connectivity index (χ0v) is 9.22. The summed E-state index contributed by atoms with van der Waals surface area (Å²) in [6.07, 6.45) is -1.92. The molecule has 0 saturated carbocycles. The average Bonchev–Trinajstić information content (AvgIpc) is 2.69. The number of imidazole rings is 1. The van der Waals surface area contributed by atoms with Crippen molar-refractivity contribution in [1.82, 2.24) is 19.5 Å². The number of nitrogen functional groups attached to an aromatic ring is 1. The van der Waals surface area contributed by atoms with Gasteiger partial charge >= 0.3 is 6.18 Å². The second-order valence-electron chi connectivity index (χ2n) is 3.80. The zero-order valence-electron chi connectivity index (χ0n) is 9.22. The molecule has 6 nitrogen and oxygen atoms in total. The summed E-state index contributed by atoms with van der Waals surface area (Å²) in [7, 11) is 0. The molecule has 0 aliphatic rings. The molecule has 0 aromatic carbocycles. The van der Waals surface area contributed by atoms with Crippen LogP contribution >= 0.6 is 0 Å². The molecule has 18 heavy (non-hydrogen) atoms. The SMILES string of the molecule is NCC(Cn1cnc2c(N)ncnc21)C(F)(F)F. The normalized spacial score (nSPS) is 14.0. The Morgan fingerprint density at radius 1 is 1.28 bits per heavy atom. The molecule has 2 heterocycles. The standard InChI is InChI=1S/C9H11F3N6/c10-9(11,12)5(1-13)2-18-4-17-6-7(14)15-3-16-8(6)18/h3-5H,1-2,13H2,(H2,14,15,16). The molecule has 1 atom stereocenters. The quantitative estimate of drug-likeness (QED) is 0.840. The van der Waals surface area contributed by atoms with E-state index < -0.39 is 18.6 Å². The lowest BCUT2D eigenvalue weighted by Crippen LogP contribution is -2.33. The van der Waals surface area contributed by atoms with Crippen LogP contribution in [-0.2, 0) is 6.54 Å². The molecular formula is C9H11F3N6. The molecule has 2 aromatic heterocycles. The van der Waals surface area contributed by atoms with Crippen LogP contribution in [0.5, 0.6) is 0 Å². The van der Waals surface area contributed by atoms with Crippen molar-refractivity contribution in [3.05, 3.63) is 12.7 Å². The number of fused-ring (bicyclic) bond motifs is 1. The summed E-state index contributed by atoms with van der Waals surface area (Å²) >= 11 is 0. The second kappa shape index (κ2) is 4.41. The maximum atomic E-state index is 12.6. The van der Waals surface area contributed by atoms with Crippen LogP contribution in [-0.4, -0.2) is 32.2 Å². The lowest BCUT2D eigenvalue weighted by molar-refractivity contribution is -0.174. The molecule has 2 rings (SSSR count). The van der Waals surface area contributed by atoms with E-state index in [4.69, 9.17) is 11.5 Å². The molecule has 1 unspecified atom stereocenters. The first-order valence-corrected chi connectivity index (χ1v) is 5.11. The summed E-state index contributed by atoms with van der Waals surface area (Å²) in [5.74, 6) is -1.51. The van der Waals surface area contributed by atoms with Gasteiger partial charge in [-0.05, 0) is 0 Å². The highest BCUT2D eigenvalue weighted by Crippen LogP contribution is 2.27. The summed E-state index contributed by atoms with van der Waals surface area (Å²) in [5, 5.41) is 0. The van der Waals surface area contributed by atoms with Crippen LogP contribution in [0, 0.1) is 5.92 Å². The largest absolute Gasteiger partial charge is 0.394 e. The summed E-state index contributed by atoms with van der Waals surface area (Å²) in [5.41, 5.74) is 11.2.